The summed E-state index contributed by atoms with van der Waals surface area (Å²) in [6.45, 7) is 7.99. The number of carbonyl (C=O) groups excluding carboxylic acids is 1. The second kappa shape index (κ2) is 6.95. The average molecular weight is 350 g/mol. The Balaban J connectivity index is 1.97. The van der Waals surface area contributed by atoms with Crippen LogP contribution in [-0.2, 0) is 4.79 Å². The molecule has 0 spiro atoms. The zero-order valence-corrected chi connectivity index (χ0v) is 15.3. The van der Waals surface area contributed by atoms with Crippen molar-refractivity contribution in [1.82, 2.24) is 19.5 Å². The number of rotatable bonds is 4. The third-order valence-corrected chi connectivity index (χ3v) is 3.50. The van der Waals surface area contributed by atoms with Crippen molar-refractivity contribution in [2.24, 2.45) is 0 Å². The monoisotopic (exact) mass is 350 g/mol. The Morgan fingerprint density at radius 3 is 2.77 bits per heavy atom. The number of hydrogen-bond acceptors (Lipinski definition) is 5. The van der Waals surface area contributed by atoms with Crippen LogP contribution < -0.4 is 10.6 Å². The Morgan fingerprint density at radius 2 is 2.04 bits per heavy atom. The first-order valence-corrected chi connectivity index (χ1v) is 8.37. The van der Waals surface area contributed by atoms with E-state index in [1.165, 1.54) is 6.08 Å². The molecule has 0 unspecified atom stereocenters. The summed E-state index contributed by atoms with van der Waals surface area (Å²) in [5.41, 5.74) is 2.23. The molecular formula is C19H22N6O. The molecule has 0 aliphatic rings. The van der Waals surface area contributed by atoms with Gasteiger partial charge in [0, 0.05) is 11.2 Å². The fraction of sp³-hybridized carbons (Fsp3) is 0.263. The van der Waals surface area contributed by atoms with Gasteiger partial charge in [0.25, 0.3) is 0 Å². The molecule has 2 aromatic heterocycles. The van der Waals surface area contributed by atoms with E-state index in [0.29, 0.717) is 17.3 Å². The van der Waals surface area contributed by atoms with Gasteiger partial charge in [0.2, 0.25) is 5.91 Å². The van der Waals surface area contributed by atoms with E-state index in [9.17, 15) is 4.79 Å². The van der Waals surface area contributed by atoms with Gasteiger partial charge in [0.1, 0.15) is 12.1 Å². The van der Waals surface area contributed by atoms with E-state index in [0.717, 1.165) is 11.0 Å². The summed E-state index contributed by atoms with van der Waals surface area (Å²) in [5, 5.41) is 6.14. The van der Waals surface area contributed by atoms with Gasteiger partial charge in [-0.05, 0) is 52.0 Å². The van der Waals surface area contributed by atoms with Gasteiger partial charge in [-0.1, -0.05) is 6.08 Å². The number of hydrogen-bond donors (Lipinski definition) is 2. The van der Waals surface area contributed by atoms with Crippen molar-refractivity contribution in [3.63, 3.8) is 0 Å². The SMILES string of the molecule is C/C=C/C(=O)Nc1ccc2ncn(-c3cncc(NC(C)(C)C)n3)c2c1. The lowest BCUT2D eigenvalue weighted by Gasteiger charge is -2.21. The molecule has 0 fully saturated rings. The van der Waals surface area contributed by atoms with E-state index in [-0.39, 0.29) is 11.4 Å². The molecule has 2 heterocycles. The first kappa shape index (κ1) is 17.6. The zero-order valence-electron chi connectivity index (χ0n) is 15.3. The largest absolute Gasteiger partial charge is 0.364 e. The maximum absolute atomic E-state index is 11.8. The number of allylic oxidation sites excluding steroid dienone is 1. The Hall–Kier alpha value is -3.22. The van der Waals surface area contributed by atoms with Crippen LogP contribution >= 0.6 is 0 Å². The minimum atomic E-state index is -0.172. The number of nitrogens with one attached hydrogen (secondary N) is 2. The number of benzene rings is 1. The van der Waals surface area contributed by atoms with Crippen LogP contribution in [0, 0.1) is 0 Å². The van der Waals surface area contributed by atoms with Crippen LogP contribution in [0.5, 0.6) is 0 Å². The Kier molecular flexibility index (Phi) is 4.71. The van der Waals surface area contributed by atoms with Gasteiger partial charge in [-0.2, -0.15) is 0 Å². The van der Waals surface area contributed by atoms with Gasteiger partial charge in [0.15, 0.2) is 5.82 Å². The molecule has 1 amide bonds. The molecule has 0 radical (unpaired) electrons. The first-order valence-electron chi connectivity index (χ1n) is 8.37. The molecule has 0 saturated heterocycles. The molecule has 3 aromatic rings. The summed E-state index contributed by atoms with van der Waals surface area (Å²) in [5.74, 6) is 1.17. The van der Waals surface area contributed by atoms with Crippen LogP contribution in [0.2, 0.25) is 0 Å². The molecule has 2 N–H and O–H groups in total. The highest BCUT2D eigenvalue weighted by atomic mass is 16.1. The molecule has 0 bridgehead atoms. The maximum Gasteiger partial charge on any atom is 0.248 e. The van der Waals surface area contributed by atoms with Crippen molar-refractivity contribution in [2.75, 3.05) is 10.6 Å². The summed E-state index contributed by atoms with van der Waals surface area (Å²) < 4.78 is 1.85. The van der Waals surface area contributed by atoms with Crippen molar-refractivity contribution in [3.8, 4) is 5.82 Å². The summed E-state index contributed by atoms with van der Waals surface area (Å²) >= 11 is 0. The van der Waals surface area contributed by atoms with E-state index in [1.807, 2.05) is 22.8 Å². The quantitative estimate of drug-likeness (QED) is 0.703. The molecular weight excluding hydrogens is 328 g/mol. The van der Waals surface area contributed by atoms with Crippen molar-refractivity contribution in [3.05, 3.63) is 49.1 Å². The smallest absolute Gasteiger partial charge is 0.248 e. The molecule has 26 heavy (non-hydrogen) atoms. The van der Waals surface area contributed by atoms with Crippen LogP contribution in [-0.4, -0.2) is 31.0 Å². The number of aromatic nitrogens is 4. The van der Waals surface area contributed by atoms with E-state index in [1.54, 1.807) is 31.7 Å². The molecule has 3 rings (SSSR count). The molecule has 7 nitrogen and oxygen atoms in total. The summed E-state index contributed by atoms with van der Waals surface area (Å²) in [7, 11) is 0. The van der Waals surface area contributed by atoms with Crippen molar-refractivity contribution in [2.45, 2.75) is 33.2 Å². The predicted octanol–water partition coefficient (Wildman–Crippen LogP) is 3.54. The molecule has 0 aliphatic heterocycles. The lowest BCUT2D eigenvalue weighted by atomic mass is 10.1. The number of anilines is 2. The van der Waals surface area contributed by atoms with E-state index < -0.39 is 0 Å². The molecule has 7 heteroatoms. The minimum Gasteiger partial charge on any atom is -0.364 e. The van der Waals surface area contributed by atoms with Gasteiger partial charge in [-0.3, -0.25) is 14.3 Å². The van der Waals surface area contributed by atoms with Gasteiger partial charge in [-0.15, -0.1) is 0 Å². The topological polar surface area (TPSA) is 84.7 Å². The normalized spacial score (nSPS) is 11.8. The number of imidazole rings is 1. The number of amides is 1. The number of nitrogens with zero attached hydrogens (tertiary/aromatic N) is 4. The lowest BCUT2D eigenvalue weighted by Crippen LogP contribution is -2.26. The molecule has 0 atom stereocenters. The summed E-state index contributed by atoms with van der Waals surface area (Å²) in [6.07, 6.45) is 8.25. The van der Waals surface area contributed by atoms with Gasteiger partial charge >= 0.3 is 0 Å². The summed E-state index contributed by atoms with van der Waals surface area (Å²) in [4.78, 5) is 25.1. The maximum atomic E-state index is 11.8. The van der Waals surface area contributed by atoms with Crippen molar-refractivity contribution >= 4 is 28.4 Å². The molecule has 134 valence electrons. The molecule has 1 aromatic carbocycles. The van der Waals surface area contributed by atoms with E-state index in [4.69, 9.17) is 0 Å². The highest BCUT2D eigenvalue weighted by Crippen LogP contribution is 2.22. The second-order valence-electron chi connectivity index (χ2n) is 6.94. The minimum absolute atomic E-state index is 0.117. The van der Waals surface area contributed by atoms with Crippen LogP contribution in [0.4, 0.5) is 11.5 Å². The Labute approximate surface area is 152 Å². The zero-order chi connectivity index (χ0) is 18.7. The first-order chi connectivity index (χ1) is 12.4. The highest BCUT2D eigenvalue weighted by Gasteiger charge is 2.12. The van der Waals surface area contributed by atoms with Crippen LogP contribution in [0.15, 0.2) is 49.1 Å². The third kappa shape index (κ3) is 4.05. The fourth-order valence-electron chi connectivity index (χ4n) is 2.52. The van der Waals surface area contributed by atoms with Crippen LogP contribution in [0.3, 0.4) is 0 Å². The predicted molar refractivity (Wildman–Crippen MR) is 103 cm³/mol. The van der Waals surface area contributed by atoms with Gasteiger partial charge in [0.05, 0.1) is 23.4 Å². The average Bonchev–Trinajstić information content (AvgIpc) is 2.97. The Morgan fingerprint density at radius 1 is 1.23 bits per heavy atom. The Bertz CT molecular complexity index is 968. The van der Waals surface area contributed by atoms with Crippen molar-refractivity contribution in [1.29, 1.82) is 0 Å². The summed E-state index contributed by atoms with van der Waals surface area (Å²) in [6, 6.07) is 5.56. The standard InChI is InChI=1S/C19H22N6O/c1-5-6-18(26)22-13-7-8-14-15(9-13)25(12-21-14)17-11-20-10-16(23-17)24-19(2,3)4/h5-12H,1-4H3,(H,22,26)(H,23,24)/b6-5+. The van der Waals surface area contributed by atoms with Crippen LogP contribution in [0.1, 0.15) is 27.7 Å². The van der Waals surface area contributed by atoms with E-state index in [2.05, 4.69) is 46.4 Å². The van der Waals surface area contributed by atoms with Gasteiger partial charge < -0.3 is 10.6 Å². The molecule has 0 aliphatic carbocycles. The highest BCUT2D eigenvalue weighted by molar-refractivity contribution is 6.00. The second-order valence-corrected chi connectivity index (χ2v) is 6.94. The lowest BCUT2D eigenvalue weighted by molar-refractivity contribution is -0.111. The van der Waals surface area contributed by atoms with Crippen LogP contribution in [0.25, 0.3) is 16.9 Å². The molecule has 0 saturated carbocycles. The van der Waals surface area contributed by atoms with E-state index >= 15 is 0 Å². The third-order valence-electron chi connectivity index (χ3n) is 3.50. The fourth-order valence-corrected chi connectivity index (χ4v) is 2.52. The van der Waals surface area contributed by atoms with Gasteiger partial charge in [-0.25, -0.2) is 9.97 Å². The van der Waals surface area contributed by atoms with Crippen molar-refractivity contribution < 1.29 is 4.79 Å². The number of fused-ring (bicyclic) bond motifs is 1. The number of carbonyl (C=O) groups is 1.